The van der Waals surface area contributed by atoms with Crippen molar-refractivity contribution >= 4 is 11.6 Å². The fourth-order valence-corrected chi connectivity index (χ4v) is 2.30. The molecular formula is C14H17ClFN3. The molecule has 1 aromatic heterocycles. The molecule has 3 nitrogen and oxygen atoms in total. The summed E-state index contributed by atoms with van der Waals surface area (Å²) in [5.41, 5.74) is 8.14. The average Bonchev–Trinajstić information content (AvgIpc) is 2.76. The highest BCUT2D eigenvalue weighted by atomic mass is 35.5. The van der Waals surface area contributed by atoms with Crippen molar-refractivity contribution in [1.29, 1.82) is 0 Å². The maximum atomic E-state index is 12.9. The first-order valence-corrected chi connectivity index (χ1v) is 6.60. The van der Waals surface area contributed by atoms with Crippen LogP contribution in [0.4, 0.5) is 4.39 Å². The van der Waals surface area contributed by atoms with Crippen LogP contribution in [0.15, 0.2) is 30.5 Å². The van der Waals surface area contributed by atoms with E-state index in [1.54, 1.807) is 12.3 Å². The fraction of sp³-hybridized carbons (Fsp3) is 0.357. The van der Waals surface area contributed by atoms with E-state index in [4.69, 9.17) is 17.3 Å². The Kier molecular flexibility index (Phi) is 4.56. The van der Waals surface area contributed by atoms with Crippen molar-refractivity contribution in [2.45, 2.75) is 25.3 Å². The highest BCUT2D eigenvalue weighted by Crippen LogP contribution is 2.19. The fourth-order valence-electron chi connectivity index (χ4n) is 2.05. The summed E-state index contributed by atoms with van der Waals surface area (Å²) in [6.07, 6.45) is 4.14. The molecule has 1 aromatic carbocycles. The molecule has 0 saturated heterocycles. The van der Waals surface area contributed by atoms with Crippen molar-refractivity contribution in [2.75, 3.05) is 0 Å². The number of rotatable bonds is 5. The van der Waals surface area contributed by atoms with Gasteiger partial charge >= 0.3 is 0 Å². The van der Waals surface area contributed by atoms with Gasteiger partial charge in [-0.25, -0.2) is 4.39 Å². The third-order valence-corrected chi connectivity index (χ3v) is 3.54. The molecule has 5 heteroatoms. The van der Waals surface area contributed by atoms with E-state index in [9.17, 15) is 4.39 Å². The van der Waals surface area contributed by atoms with Crippen LogP contribution in [-0.2, 0) is 19.9 Å². The number of nitrogens with zero attached hydrogens (tertiary/aromatic N) is 2. The summed E-state index contributed by atoms with van der Waals surface area (Å²) in [7, 11) is 1.91. The van der Waals surface area contributed by atoms with Crippen molar-refractivity contribution < 1.29 is 4.39 Å². The van der Waals surface area contributed by atoms with E-state index in [1.807, 2.05) is 17.8 Å². The Bertz CT molecular complexity index is 553. The van der Waals surface area contributed by atoms with E-state index in [0.717, 1.165) is 24.1 Å². The third-order valence-electron chi connectivity index (χ3n) is 3.19. The Balaban J connectivity index is 1.90. The number of hydrogen-bond acceptors (Lipinski definition) is 2. The van der Waals surface area contributed by atoms with Gasteiger partial charge in [-0.2, -0.15) is 5.10 Å². The second kappa shape index (κ2) is 6.17. The lowest BCUT2D eigenvalue weighted by molar-refractivity contribution is 0.584. The summed E-state index contributed by atoms with van der Waals surface area (Å²) < 4.78 is 14.8. The molecule has 0 fully saturated rings. The number of halogens is 2. The maximum absolute atomic E-state index is 12.9. The maximum Gasteiger partial charge on any atom is 0.124 e. The van der Waals surface area contributed by atoms with Crippen LogP contribution >= 0.6 is 11.6 Å². The second-order valence-corrected chi connectivity index (χ2v) is 5.09. The zero-order valence-electron chi connectivity index (χ0n) is 10.8. The number of hydrogen-bond donors (Lipinski definition) is 1. The van der Waals surface area contributed by atoms with Gasteiger partial charge in [0.25, 0.3) is 0 Å². The molecule has 1 atom stereocenters. The lowest BCUT2D eigenvalue weighted by Crippen LogP contribution is -2.24. The van der Waals surface area contributed by atoms with Crippen LogP contribution < -0.4 is 5.73 Å². The average molecular weight is 282 g/mol. The molecule has 1 unspecified atom stereocenters. The van der Waals surface area contributed by atoms with Gasteiger partial charge in [0, 0.05) is 30.0 Å². The van der Waals surface area contributed by atoms with Crippen molar-refractivity contribution in [3.05, 3.63) is 52.6 Å². The van der Waals surface area contributed by atoms with Crippen molar-refractivity contribution in [3.63, 3.8) is 0 Å². The Morgan fingerprint density at radius 3 is 2.84 bits per heavy atom. The van der Waals surface area contributed by atoms with Crippen LogP contribution in [0.3, 0.4) is 0 Å². The molecule has 2 rings (SSSR count). The summed E-state index contributed by atoms with van der Waals surface area (Å²) in [5, 5.41) is 4.56. The van der Waals surface area contributed by atoms with Crippen LogP contribution in [0, 0.1) is 5.82 Å². The minimum atomic E-state index is -0.322. The highest BCUT2D eigenvalue weighted by molar-refractivity contribution is 6.31. The predicted octanol–water partition coefficient (Wildman–Crippen LogP) is 2.72. The van der Waals surface area contributed by atoms with Gasteiger partial charge in [-0.3, -0.25) is 4.68 Å². The van der Waals surface area contributed by atoms with E-state index in [0.29, 0.717) is 11.4 Å². The van der Waals surface area contributed by atoms with Gasteiger partial charge < -0.3 is 5.73 Å². The summed E-state index contributed by atoms with van der Waals surface area (Å²) in [6.45, 7) is 0. The first kappa shape index (κ1) is 14.0. The molecule has 19 heavy (non-hydrogen) atoms. The van der Waals surface area contributed by atoms with Gasteiger partial charge in [0.15, 0.2) is 0 Å². The van der Waals surface area contributed by atoms with Crippen molar-refractivity contribution in [3.8, 4) is 0 Å². The lowest BCUT2D eigenvalue weighted by atomic mass is 10.0. The minimum absolute atomic E-state index is 0.00198. The van der Waals surface area contributed by atoms with Gasteiger partial charge in [-0.05, 0) is 43.0 Å². The van der Waals surface area contributed by atoms with E-state index >= 15 is 0 Å². The molecule has 0 spiro atoms. The van der Waals surface area contributed by atoms with E-state index in [-0.39, 0.29) is 11.9 Å². The van der Waals surface area contributed by atoms with Crippen molar-refractivity contribution in [1.82, 2.24) is 9.78 Å². The molecule has 0 aliphatic carbocycles. The van der Waals surface area contributed by atoms with Crippen LogP contribution in [-0.4, -0.2) is 15.8 Å². The Morgan fingerprint density at radius 2 is 2.21 bits per heavy atom. The molecule has 2 N–H and O–H groups in total. The van der Waals surface area contributed by atoms with Gasteiger partial charge in [-0.15, -0.1) is 0 Å². The van der Waals surface area contributed by atoms with E-state index in [1.165, 1.54) is 12.1 Å². The largest absolute Gasteiger partial charge is 0.327 e. The molecule has 0 radical (unpaired) electrons. The molecule has 2 aromatic rings. The molecule has 0 amide bonds. The Hall–Kier alpha value is -1.39. The SMILES string of the molecule is Cn1nccc1CCC(N)Cc1ccc(F)cc1Cl. The first-order valence-electron chi connectivity index (χ1n) is 6.22. The summed E-state index contributed by atoms with van der Waals surface area (Å²) >= 11 is 5.99. The van der Waals surface area contributed by atoms with Crippen LogP contribution in [0.1, 0.15) is 17.7 Å². The monoisotopic (exact) mass is 281 g/mol. The Labute approximate surface area is 117 Å². The minimum Gasteiger partial charge on any atom is -0.327 e. The van der Waals surface area contributed by atoms with Crippen LogP contribution in [0.2, 0.25) is 5.02 Å². The van der Waals surface area contributed by atoms with Gasteiger partial charge in [0.2, 0.25) is 0 Å². The zero-order valence-corrected chi connectivity index (χ0v) is 11.6. The number of aromatic nitrogens is 2. The molecule has 0 aliphatic rings. The lowest BCUT2D eigenvalue weighted by Gasteiger charge is -2.13. The normalized spacial score (nSPS) is 12.6. The summed E-state index contributed by atoms with van der Waals surface area (Å²) in [4.78, 5) is 0. The van der Waals surface area contributed by atoms with Crippen LogP contribution in [0.25, 0.3) is 0 Å². The van der Waals surface area contributed by atoms with Gasteiger partial charge in [0.1, 0.15) is 5.82 Å². The molecule has 1 heterocycles. The predicted molar refractivity (Wildman–Crippen MR) is 74.6 cm³/mol. The van der Waals surface area contributed by atoms with E-state index in [2.05, 4.69) is 5.10 Å². The van der Waals surface area contributed by atoms with Crippen molar-refractivity contribution in [2.24, 2.45) is 12.8 Å². The van der Waals surface area contributed by atoms with Gasteiger partial charge in [-0.1, -0.05) is 17.7 Å². The molecule has 0 aliphatic heterocycles. The summed E-state index contributed by atoms with van der Waals surface area (Å²) in [6, 6.07) is 6.41. The highest BCUT2D eigenvalue weighted by Gasteiger charge is 2.09. The standard InChI is InChI=1S/C14H17ClFN3/c1-19-13(6-7-18-19)5-4-12(17)8-10-2-3-11(16)9-14(10)15/h2-3,6-7,9,12H,4-5,8,17H2,1H3. The second-order valence-electron chi connectivity index (χ2n) is 4.68. The third kappa shape index (κ3) is 3.78. The smallest absolute Gasteiger partial charge is 0.124 e. The number of benzene rings is 1. The molecule has 102 valence electrons. The topological polar surface area (TPSA) is 43.8 Å². The quantitative estimate of drug-likeness (QED) is 0.916. The molecular weight excluding hydrogens is 265 g/mol. The zero-order chi connectivity index (χ0) is 13.8. The Morgan fingerprint density at radius 1 is 1.42 bits per heavy atom. The molecule has 0 bridgehead atoms. The van der Waals surface area contributed by atoms with Crippen LogP contribution in [0.5, 0.6) is 0 Å². The van der Waals surface area contributed by atoms with Gasteiger partial charge in [0.05, 0.1) is 0 Å². The number of nitrogens with two attached hydrogens (primary N) is 1. The number of aryl methyl sites for hydroxylation is 2. The van der Waals surface area contributed by atoms with E-state index < -0.39 is 0 Å². The summed E-state index contributed by atoms with van der Waals surface area (Å²) in [5.74, 6) is -0.322. The first-order chi connectivity index (χ1) is 9.06. The molecule has 0 saturated carbocycles.